The third-order valence-corrected chi connectivity index (χ3v) is 3.18. The number of benzene rings is 1. The lowest BCUT2D eigenvalue weighted by atomic mass is 10.0. The largest absolute Gasteiger partial charge is 0.490 e. The van der Waals surface area contributed by atoms with E-state index in [2.05, 4.69) is 0 Å². The second kappa shape index (κ2) is 5.88. The molecule has 4 N–H and O–H groups in total. The van der Waals surface area contributed by atoms with Gasteiger partial charge < -0.3 is 20.9 Å². The summed E-state index contributed by atoms with van der Waals surface area (Å²) in [5.74, 6) is -0.944. The molecular weight excluding hydrogens is 251 g/mol. The summed E-state index contributed by atoms with van der Waals surface area (Å²) in [6, 6.07) is 2.31. The van der Waals surface area contributed by atoms with E-state index in [4.69, 9.17) is 20.9 Å². The third kappa shape index (κ3) is 3.35. The van der Waals surface area contributed by atoms with Crippen molar-refractivity contribution >= 4 is 11.6 Å². The number of hydrogen-bond acceptors (Lipinski definition) is 4. The zero-order chi connectivity index (χ0) is 13.8. The zero-order valence-electron chi connectivity index (χ0n) is 10.5. The number of primary amides is 1. The van der Waals surface area contributed by atoms with Crippen molar-refractivity contribution < 1.29 is 18.7 Å². The first-order chi connectivity index (χ1) is 9.08. The van der Waals surface area contributed by atoms with Crippen molar-refractivity contribution in [3.63, 3.8) is 0 Å². The lowest BCUT2D eigenvalue weighted by molar-refractivity contribution is 0.0491. The Morgan fingerprint density at radius 2 is 2.11 bits per heavy atom. The molecule has 104 valence electrons. The van der Waals surface area contributed by atoms with Gasteiger partial charge in [0, 0.05) is 25.0 Å². The molecule has 1 amide bonds. The topological polar surface area (TPSA) is 87.6 Å². The van der Waals surface area contributed by atoms with Gasteiger partial charge in [0.1, 0.15) is 0 Å². The van der Waals surface area contributed by atoms with Crippen molar-refractivity contribution in [3.05, 3.63) is 23.5 Å². The van der Waals surface area contributed by atoms with Crippen LogP contribution in [0.15, 0.2) is 12.1 Å². The summed E-state index contributed by atoms with van der Waals surface area (Å²) in [6.07, 6.45) is 1.78. The standard InChI is InChI=1S/C13H17FN2O3/c14-10-6-11(15)9(13(16)17)5-12(10)19-7-8-1-3-18-4-2-8/h5-6,8H,1-4,7,15H2,(H2,16,17). The highest BCUT2D eigenvalue weighted by Crippen LogP contribution is 2.25. The number of carbonyl (C=O) groups excluding carboxylic acids is 1. The number of halogens is 1. The molecule has 0 aromatic heterocycles. The van der Waals surface area contributed by atoms with E-state index < -0.39 is 11.7 Å². The minimum atomic E-state index is -0.701. The molecule has 0 bridgehead atoms. The summed E-state index contributed by atoms with van der Waals surface area (Å²) in [5, 5.41) is 0. The highest BCUT2D eigenvalue weighted by molar-refractivity contribution is 5.98. The number of hydrogen-bond donors (Lipinski definition) is 2. The van der Waals surface area contributed by atoms with Crippen LogP contribution in [0.1, 0.15) is 23.2 Å². The van der Waals surface area contributed by atoms with Crippen LogP contribution < -0.4 is 16.2 Å². The van der Waals surface area contributed by atoms with Crippen molar-refractivity contribution in [2.24, 2.45) is 11.7 Å². The molecule has 1 fully saturated rings. The highest BCUT2D eigenvalue weighted by atomic mass is 19.1. The fraction of sp³-hybridized carbons (Fsp3) is 0.462. The molecule has 1 aromatic carbocycles. The molecule has 0 spiro atoms. The summed E-state index contributed by atoms with van der Waals surface area (Å²) in [7, 11) is 0. The van der Waals surface area contributed by atoms with Gasteiger partial charge >= 0.3 is 0 Å². The Kier molecular flexibility index (Phi) is 4.21. The van der Waals surface area contributed by atoms with Crippen LogP contribution in [0.2, 0.25) is 0 Å². The number of carbonyl (C=O) groups is 1. The Morgan fingerprint density at radius 3 is 2.74 bits per heavy atom. The van der Waals surface area contributed by atoms with E-state index in [0.717, 1.165) is 18.9 Å². The average Bonchev–Trinajstić information content (AvgIpc) is 2.38. The van der Waals surface area contributed by atoms with Crippen molar-refractivity contribution in [1.82, 2.24) is 0 Å². The zero-order valence-corrected chi connectivity index (χ0v) is 10.5. The van der Waals surface area contributed by atoms with Gasteiger partial charge in [-0.25, -0.2) is 4.39 Å². The van der Waals surface area contributed by atoms with Gasteiger partial charge in [-0.3, -0.25) is 4.79 Å². The molecule has 19 heavy (non-hydrogen) atoms. The maximum atomic E-state index is 13.7. The number of nitrogen functional groups attached to an aromatic ring is 1. The second-order valence-corrected chi connectivity index (χ2v) is 4.60. The number of ether oxygens (including phenoxy) is 2. The monoisotopic (exact) mass is 268 g/mol. The maximum Gasteiger partial charge on any atom is 0.250 e. The average molecular weight is 268 g/mol. The Bertz CT molecular complexity index is 473. The van der Waals surface area contributed by atoms with E-state index >= 15 is 0 Å². The molecular formula is C13H17FN2O3. The number of anilines is 1. The molecule has 1 aliphatic heterocycles. The Hall–Kier alpha value is -1.82. The lowest BCUT2D eigenvalue weighted by Gasteiger charge is -2.22. The van der Waals surface area contributed by atoms with Crippen molar-refractivity contribution in [2.75, 3.05) is 25.6 Å². The maximum absolute atomic E-state index is 13.7. The van der Waals surface area contributed by atoms with Gasteiger partial charge in [0.25, 0.3) is 5.91 Å². The van der Waals surface area contributed by atoms with Crippen LogP contribution in [0.25, 0.3) is 0 Å². The fourth-order valence-electron chi connectivity index (χ4n) is 2.01. The van der Waals surface area contributed by atoms with Crippen molar-refractivity contribution in [2.45, 2.75) is 12.8 Å². The molecule has 1 aromatic rings. The quantitative estimate of drug-likeness (QED) is 0.806. The Balaban J connectivity index is 2.06. The van der Waals surface area contributed by atoms with Crippen LogP contribution >= 0.6 is 0 Å². The minimum Gasteiger partial charge on any atom is -0.490 e. The molecule has 0 atom stereocenters. The van der Waals surface area contributed by atoms with Gasteiger partial charge in [0.15, 0.2) is 11.6 Å². The van der Waals surface area contributed by atoms with Crippen molar-refractivity contribution in [3.8, 4) is 5.75 Å². The third-order valence-electron chi connectivity index (χ3n) is 3.18. The van der Waals surface area contributed by atoms with Crippen LogP contribution in [-0.4, -0.2) is 25.7 Å². The molecule has 0 unspecified atom stereocenters. The van der Waals surface area contributed by atoms with E-state index in [-0.39, 0.29) is 17.0 Å². The Labute approximate surface area is 110 Å². The van der Waals surface area contributed by atoms with E-state index in [1.54, 1.807) is 0 Å². The fourth-order valence-corrected chi connectivity index (χ4v) is 2.01. The molecule has 0 aliphatic carbocycles. The van der Waals surface area contributed by atoms with Crippen LogP contribution in [-0.2, 0) is 4.74 Å². The van der Waals surface area contributed by atoms with Gasteiger partial charge in [-0.2, -0.15) is 0 Å². The van der Waals surface area contributed by atoms with E-state index in [1.807, 2.05) is 0 Å². The van der Waals surface area contributed by atoms with E-state index in [0.29, 0.717) is 25.7 Å². The first-order valence-electron chi connectivity index (χ1n) is 6.17. The summed E-state index contributed by atoms with van der Waals surface area (Å²) in [4.78, 5) is 11.1. The normalized spacial score (nSPS) is 16.3. The minimum absolute atomic E-state index is 0.00879. The smallest absolute Gasteiger partial charge is 0.250 e. The molecule has 0 radical (unpaired) electrons. The highest BCUT2D eigenvalue weighted by Gasteiger charge is 2.17. The predicted molar refractivity (Wildman–Crippen MR) is 68.4 cm³/mol. The van der Waals surface area contributed by atoms with Crippen LogP contribution in [0, 0.1) is 11.7 Å². The number of nitrogens with two attached hydrogens (primary N) is 2. The lowest BCUT2D eigenvalue weighted by Crippen LogP contribution is -2.22. The molecule has 5 nitrogen and oxygen atoms in total. The molecule has 6 heteroatoms. The van der Waals surface area contributed by atoms with Crippen LogP contribution in [0.4, 0.5) is 10.1 Å². The molecule has 0 saturated carbocycles. The van der Waals surface area contributed by atoms with Gasteiger partial charge in [0.05, 0.1) is 12.2 Å². The molecule has 1 heterocycles. The van der Waals surface area contributed by atoms with Crippen molar-refractivity contribution in [1.29, 1.82) is 0 Å². The molecule has 2 rings (SSSR count). The van der Waals surface area contributed by atoms with Crippen LogP contribution in [0.5, 0.6) is 5.75 Å². The molecule has 1 saturated heterocycles. The predicted octanol–water partition coefficient (Wildman–Crippen LogP) is 1.31. The van der Waals surface area contributed by atoms with E-state index in [1.165, 1.54) is 6.07 Å². The van der Waals surface area contributed by atoms with Gasteiger partial charge in [-0.05, 0) is 24.8 Å². The SMILES string of the molecule is NC(=O)c1cc(OCC2CCOCC2)c(F)cc1N. The summed E-state index contributed by atoms with van der Waals surface area (Å²) in [6.45, 7) is 1.79. The van der Waals surface area contributed by atoms with Gasteiger partial charge in [-0.1, -0.05) is 0 Å². The van der Waals surface area contributed by atoms with Gasteiger partial charge in [0.2, 0.25) is 0 Å². The van der Waals surface area contributed by atoms with Gasteiger partial charge in [-0.15, -0.1) is 0 Å². The number of amides is 1. The second-order valence-electron chi connectivity index (χ2n) is 4.60. The summed E-state index contributed by atoms with van der Waals surface area (Å²) >= 11 is 0. The summed E-state index contributed by atoms with van der Waals surface area (Å²) in [5.41, 5.74) is 10.8. The van der Waals surface area contributed by atoms with Crippen LogP contribution in [0.3, 0.4) is 0 Å². The first kappa shape index (κ1) is 13.6. The first-order valence-corrected chi connectivity index (χ1v) is 6.17. The summed E-state index contributed by atoms with van der Waals surface area (Å²) < 4.78 is 24.3. The molecule has 1 aliphatic rings. The Morgan fingerprint density at radius 1 is 1.42 bits per heavy atom. The van der Waals surface area contributed by atoms with E-state index in [9.17, 15) is 9.18 Å². The number of rotatable bonds is 4.